The minimum atomic E-state index is -1.24. The fourth-order valence-electron chi connectivity index (χ4n) is 5.68. The Hall–Kier alpha value is -3.77. The maximum Gasteiger partial charge on any atom is 0.333 e. The molecule has 2 aromatic rings. The van der Waals surface area contributed by atoms with E-state index in [1.807, 2.05) is 0 Å². The number of carbonyl (C=O) groups excluding carboxylic acids is 3. The fourth-order valence-corrected chi connectivity index (χ4v) is 5.68. The van der Waals surface area contributed by atoms with Gasteiger partial charge in [-0.3, -0.25) is 9.59 Å². The zero-order valence-corrected chi connectivity index (χ0v) is 20.5. The molecule has 0 spiro atoms. The van der Waals surface area contributed by atoms with Gasteiger partial charge in [-0.15, -0.1) is 0 Å². The number of hydrogen-bond donors (Lipinski definition) is 4. The van der Waals surface area contributed by atoms with Crippen molar-refractivity contribution in [3.8, 4) is 11.5 Å². The van der Waals surface area contributed by atoms with Crippen LogP contribution in [0, 0.1) is 6.92 Å². The van der Waals surface area contributed by atoms with Gasteiger partial charge in [-0.25, -0.2) is 4.79 Å². The molecule has 0 saturated carbocycles. The SMILES string of the molecule is Cc1cc(O)c2c(c1)[C@@H]1OC(=O)[C@H](CO)N1C1=C2C(=O)c2cccc(O[C@H]3C[C@@H](O)[C@@H](O)[C@H](C)O3)c2C1=O. The number of esters is 1. The van der Waals surface area contributed by atoms with Crippen LogP contribution in [0.5, 0.6) is 11.5 Å². The highest BCUT2D eigenvalue weighted by molar-refractivity contribution is 6.41. The first-order chi connectivity index (χ1) is 18.1. The summed E-state index contributed by atoms with van der Waals surface area (Å²) in [6.45, 7) is 2.63. The number of phenolic OH excluding ortho intramolecular Hbond substituents is 1. The molecule has 11 nitrogen and oxygen atoms in total. The molecule has 198 valence electrons. The number of fused-ring (bicyclic) bond motifs is 6. The number of benzene rings is 2. The van der Waals surface area contributed by atoms with Gasteiger partial charge in [-0.05, 0) is 37.6 Å². The summed E-state index contributed by atoms with van der Waals surface area (Å²) < 4.78 is 17.1. The van der Waals surface area contributed by atoms with Crippen LogP contribution in [-0.2, 0) is 14.3 Å². The second-order valence-corrected chi connectivity index (χ2v) is 9.89. The third-order valence-electron chi connectivity index (χ3n) is 7.44. The predicted octanol–water partition coefficient (Wildman–Crippen LogP) is 0.958. The summed E-state index contributed by atoms with van der Waals surface area (Å²) in [7, 11) is 0. The van der Waals surface area contributed by atoms with Crippen LogP contribution >= 0.6 is 0 Å². The van der Waals surface area contributed by atoms with Crippen molar-refractivity contribution < 1.29 is 49.0 Å². The van der Waals surface area contributed by atoms with Crippen LogP contribution in [0.4, 0.5) is 0 Å². The largest absolute Gasteiger partial charge is 0.507 e. The molecule has 4 aliphatic rings. The summed E-state index contributed by atoms with van der Waals surface area (Å²) in [4.78, 5) is 42.1. The molecule has 2 fully saturated rings. The average Bonchev–Trinajstić information content (AvgIpc) is 3.21. The van der Waals surface area contributed by atoms with E-state index in [-0.39, 0.29) is 45.9 Å². The number of ketones is 2. The number of aromatic hydroxyl groups is 1. The quantitative estimate of drug-likeness (QED) is 0.424. The summed E-state index contributed by atoms with van der Waals surface area (Å²) in [5.41, 5.74) is 0.725. The monoisotopic (exact) mass is 523 g/mol. The van der Waals surface area contributed by atoms with Crippen molar-refractivity contribution in [2.75, 3.05) is 6.61 Å². The first-order valence-corrected chi connectivity index (χ1v) is 12.2. The van der Waals surface area contributed by atoms with Crippen LogP contribution in [-0.4, -0.2) is 80.1 Å². The Bertz CT molecular complexity index is 1420. The second-order valence-electron chi connectivity index (χ2n) is 9.89. The molecule has 0 unspecified atom stereocenters. The normalized spacial score (nSPS) is 29.9. The van der Waals surface area contributed by atoms with Crippen LogP contribution in [0.15, 0.2) is 36.0 Å². The third kappa shape index (κ3) is 3.39. The van der Waals surface area contributed by atoms with Crippen LogP contribution in [0.3, 0.4) is 0 Å². The van der Waals surface area contributed by atoms with E-state index >= 15 is 0 Å². The van der Waals surface area contributed by atoms with E-state index in [1.54, 1.807) is 19.9 Å². The Kier molecular flexibility index (Phi) is 5.58. The van der Waals surface area contributed by atoms with Gasteiger partial charge in [0.2, 0.25) is 18.3 Å². The smallest absolute Gasteiger partial charge is 0.333 e. The molecular weight excluding hydrogens is 498 g/mol. The van der Waals surface area contributed by atoms with Crippen molar-refractivity contribution in [2.45, 2.75) is 57.1 Å². The number of phenols is 1. The summed E-state index contributed by atoms with van der Waals surface area (Å²) >= 11 is 0. The number of aliphatic hydroxyl groups is 3. The van der Waals surface area contributed by atoms with E-state index in [0.29, 0.717) is 11.1 Å². The van der Waals surface area contributed by atoms with Gasteiger partial charge in [-0.1, -0.05) is 12.1 Å². The van der Waals surface area contributed by atoms with Crippen molar-refractivity contribution in [3.05, 3.63) is 63.8 Å². The van der Waals surface area contributed by atoms with E-state index in [1.165, 1.54) is 29.2 Å². The number of rotatable bonds is 3. The fraction of sp³-hybridized carbons (Fsp3) is 0.370. The zero-order valence-electron chi connectivity index (χ0n) is 20.5. The molecule has 0 aromatic heterocycles. The Morgan fingerprint density at radius 1 is 1.11 bits per heavy atom. The van der Waals surface area contributed by atoms with Gasteiger partial charge < -0.3 is 39.5 Å². The molecule has 0 amide bonds. The van der Waals surface area contributed by atoms with Gasteiger partial charge in [0.05, 0.1) is 30.0 Å². The van der Waals surface area contributed by atoms with Crippen LogP contribution in [0.2, 0.25) is 0 Å². The standard InChI is InChI=1S/C27H25NO10/c1-10-6-13-19(15(30)7-10)21-22(28-14(9-29)27(35)38-26(13)28)25(34)20-12(24(21)33)4-3-5-17(20)37-18-8-16(31)23(32)11(2)36-18/h3-7,11,14,16,18,23,26,29-32H,8-9H2,1-2H3/t11-,14-,16+,18-,23-,26-/m0/s1. The molecule has 11 heteroatoms. The number of nitrogens with zero attached hydrogens (tertiary/aromatic N) is 1. The molecule has 2 saturated heterocycles. The average molecular weight is 523 g/mol. The van der Waals surface area contributed by atoms with E-state index in [0.717, 1.165) is 0 Å². The van der Waals surface area contributed by atoms with Gasteiger partial charge in [-0.2, -0.15) is 0 Å². The highest BCUT2D eigenvalue weighted by Crippen LogP contribution is 2.52. The van der Waals surface area contributed by atoms with Gasteiger partial charge in [0.1, 0.15) is 23.3 Å². The van der Waals surface area contributed by atoms with Gasteiger partial charge in [0.15, 0.2) is 11.8 Å². The van der Waals surface area contributed by atoms with E-state index in [4.69, 9.17) is 14.2 Å². The summed E-state index contributed by atoms with van der Waals surface area (Å²) in [6, 6.07) is 6.34. The first kappa shape index (κ1) is 24.6. The molecule has 0 bridgehead atoms. The second kappa shape index (κ2) is 8.63. The summed E-state index contributed by atoms with van der Waals surface area (Å²) in [5, 5.41) is 41.1. The number of hydrogen-bond acceptors (Lipinski definition) is 11. The lowest BCUT2D eigenvalue weighted by Crippen LogP contribution is -2.48. The van der Waals surface area contributed by atoms with Gasteiger partial charge >= 0.3 is 5.97 Å². The Morgan fingerprint density at radius 2 is 1.87 bits per heavy atom. The van der Waals surface area contributed by atoms with Gasteiger partial charge in [0.25, 0.3) is 0 Å². The lowest BCUT2D eigenvalue weighted by Gasteiger charge is -2.39. The number of aryl methyl sites for hydroxylation is 1. The van der Waals surface area contributed by atoms with Crippen molar-refractivity contribution in [1.82, 2.24) is 4.90 Å². The number of carbonyl (C=O) groups is 3. The van der Waals surface area contributed by atoms with Crippen LogP contribution in [0.25, 0.3) is 5.57 Å². The van der Waals surface area contributed by atoms with Crippen molar-refractivity contribution in [3.63, 3.8) is 0 Å². The summed E-state index contributed by atoms with van der Waals surface area (Å²) in [6.07, 6.45) is -5.18. The van der Waals surface area contributed by atoms with Crippen molar-refractivity contribution in [2.24, 2.45) is 0 Å². The molecule has 6 rings (SSSR count). The molecule has 2 aromatic carbocycles. The van der Waals surface area contributed by atoms with Crippen LogP contribution < -0.4 is 4.74 Å². The Balaban J connectivity index is 1.51. The Labute approximate surface area is 216 Å². The molecule has 0 radical (unpaired) electrons. The third-order valence-corrected chi connectivity index (χ3v) is 7.44. The maximum atomic E-state index is 14.1. The lowest BCUT2D eigenvalue weighted by molar-refractivity contribution is -0.216. The molecular formula is C27H25NO10. The molecule has 4 N–H and O–H groups in total. The van der Waals surface area contributed by atoms with E-state index in [9.17, 15) is 34.8 Å². The summed E-state index contributed by atoms with van der Waals surface area (Å²) in [5.74, 6) is -2.25. The number of aliphatic hydroxyl groups excluding tert-OH is 3. The number of Topliss-reactive ketones (excluding diaryl/α,β-unsaturated/α-hetero) is 2. The minimum Gasteiger partial charge on any atom is -0.507 e. The lowest BCUT2D eigenvalue weighted by atomic mass is 9.78. The van der Waals surface area contributed by atoms with Crippen molar-refractivity contribution >= 4 is 23.1 Å². The number of ether oxygens (including phenoxy) is 3. The highest BCUT2D eigenvalue weighted by Gasteiger charge is 2.54. The molecule has 3 aliphatic heterocycles. The van der Waals surface area contributed by atoms with Gasteiger partial charge in [0, 0.05) is 23.1 Å². The Morgan fingerprint density at radius 3 is 2.58 bits per heavy atom. The van der Waals surface area contributed by atoms with E-state index < -0.39 is 61.0 Å². The minimum absolute atomic E-state index is 0.00987. The van der Waals surface area contributed by atoms with E-state index in [2.05, 4.69) is 0 Å². The number of allylic oxidation sites excluding steroid dienone is 2. The predicted molar refractivity (Wildman–Crippen MR) is 128 cm³/mol. The molecule has 3 heterocycles. The highest BCUT2D eigenvalue weighted by atomic mass is 16.7. The molecule has 38 heavy (non-hydrogen) atoms. The van der Waals surface area contributed by atoms with Crippen LogP contribution in [0.1, 0.15) is 57.0 Å². The van der Waals surface area contributed by atoms with Crippen molar-refractivity contribution in [1.29, 1.82) is 0 Å². The molecule has 1 aliphatic carbocycles. The molecule has 6 atom stereocenters. The topological polar surface area (TPSA) is 163 Å². The zero-order chi connectivity index (χ0) is 27.0. The first-order valence-electron chi connectivity index (χ1n) is 12.2. The maximum absolute atomic E-state index is 14.1.